The topological polar surface area (TPSA) is 58.4 Å². The SMILES string of the molecule is O=C(c1ccc2c(c1)ncn2-c1cccc(Cl)c1)N1CCC(O)CC1. The fraction of sp³-hybridized carbons (Fsp3) is 0.263. The third-order valence-corrected chi connectivity index (χ3v) is 4.87. The maximum atomic E-state index is 12.7. The van der Waals surface area contributed by atoms with Crippen molar-refractivity contribution in [3.05, 3.63) is 59.4 Å². The van der Waals surface area contributed by atoms with Crippen LogP contribution in [-0.4, -0.2) is 44.7 Å². The van der Waals surface area contributed by atoms with Crippen molar-refractivity contribution in [1.29, 1.82) is 0 Å². The zero-order valence-corrected chi connectivity index (χ0v) is 14.4. The molecule has 1 fully saturated rings. The average Bonchev–Trinajstić information content (AvgIpc) is 3.05. The van der Waals surface area contributed by atoms with Crippen LogP contribution < -0.4 is 0 Å². The molecular formula is C19H18ClN3O2. The van der Waals surface area contributed by atoms with E-state index in [9.17, 15) is 9.90 Å². The van der Waals surface area contributed by atoms with E-state index in [1.54, 1.807) is 11.2 Å². The number of piperidine rings is 1. The first-order valence-corrected chi connectivity index (χ1v) is 8.70. The van der Waals surface area contributed by atoms with E-state index in [1.165, 1.54) is 0 Å². The molecule has 128 valence electrons. The predicted molar refractivity (Wildman–Crippen MR) is 97.2 cm³/mol. The number of benzene rings is 2. The van der Waals surface area contributed by atoms with Gasteiger partial charge in [-0.3, -0.25) is 9.36 Å². The van der Waals surface area contributed by atoms with E-state index in [0.29, 0.717) is 36.5 Å². The summed E-state index contributed by atoms with van der Waals surface area (Å²) >= 11 is 6.07. The van der Waals surface area contributed by atoms with E-state index in [2.05, 4.69) is 4.98 Å². The number of halogens is 1. The largest absolute Gasteiger partial charge is 0.393 e. The number of carbonyl (C=O) groups excluding carboxylic acids is 1. The number of imidazole rings is 1. The number of hydrogen-bond donors (Lipinski definition) is 1. The van der Waals surface area contributed by atoms with Crippen molar-refractivity contribution in [3.63, 3.8) is 0 Å². The number of aromatic nitrogens is 2. The summed E-state index contributed by atoms with van der Waals surface area (Å²) in [4.78, 5) is 18.9. The van der Waals surface area contributed by atoms with Gasteiger partial charge in [-0.1, -0.05) is 17.7 Å². The van der Waals surface area contributed by atoms with Crippen LogP contribution in [0, 0.1) is 0 Å². The fourth-order valence-corrected chi connectivity index (χ4v) is 3.41. The van der Waals surface area contributed by atoms with Gasteiger partial charge in [-0.15, -0.1) is 0 Å². The van der Waals surface area contributed by atoms with Gasteiger partial charge < -0.3 is 10.0 Å². The first-order chi connectivity index (χ1) is 12.1. The number of amides is 1. The predicted octanol–water partition coefficient (Wildman–Crippen LogP) is 3.28. The minimum atomic E-state index is -0.292. The van der Waals surface area contributed by atoms with E-state index < -0.39 is 0 Å². The van der Waals surface area contributed by atoms with Crippen LogP contribution in [-0.2, 0) is 0 Å². The van der Waals surface area contributed by atoms with Gasteiger partial charge in [0.15, 0.2) is 0 Å². The van der Waals surface area contributed by atoms with Gasteiger partial charge in [0, 0.05) is 29.4 Å². The van der Waals surface area contributed by atoms with Crippen LogP contribution in [0.2, 0.25) is 5.02 Å². The molecule has 2 heterocycles. The third kappa shape index (κ3) is 3.13. The molecule has 1 aliphatic heterocycles. The van der Waals surface area contributed by atoms with Crippen molar-refractivity contribution in [2.75, 3.05) is 13.1 Å². The normalized spacial score (nSPS) is 15.7. The molecule has 0 radical (unpaired) electrons. The number of aliphatic hydroxyl groups excluding tert-OH is 1. The minimum absolute atomic E-state index is 0.00824. The van der Waals surface area contributed by atoms with Gasteiger partial charge in [0.25, 0.3) is 5.91 Å². The Hall–Kier alpha value is -2.37. The van der Waals surface area contributed by atoms with Crippen LogP contribution in [0.3, 0.4) is 0 Å². The van der Waals surface area contributed by atoms with Crippen molar-refractivity contribution >= 4 is 28.5 Å². The lowest BCUT2D eigenvalue weighted by atomic mass is 10.1. The maximum absolute atomic E-state index is 12.7. The van der Waals surface area contributed by atoms with Gasteiger partial charge in [0.1, 0.15) is 6.33 Å². The summed E-state index contributed by atoms with van der Waals surface area (Å²) in [5.41, 5.74) is 3.25. The standard InChI is InChI=1S/C19H18ClN3O2/c20-14-2-1-3-15(11-14)23-12-21-17-10-13(4-5-18(17)23)19(25)22-8-6-16(24)7-9-22/h1-5,10-12,16,24H,6-9H2. The minimum Gasteiger partial charge on any atom is -0.393 e. The number of rotatable bonds is 2. The second kappa shape index (κ2) is 6.50. The molecule has 0 saturated carbocycles. The van der Waals surface area contributed by atoms with Crippen LogP contribution >= 0.6 is 11.6 Å². The summed E-state index contributed by atoms with van der Waals surface area (Å²) in [6, 6.07) is 13.1. The first kappa shape index (κ1) is 16.1. The van der Waals surface area contributed by atoms with Crippen molar-refractivity contribution < 1.29 is 9.90 Å². The second-order valence-electron chi connectivity index (χ2n) is 6.32. The van der Waals surface area contributed by atoms with Crippen molar-refractivity contribution in [2.45, 2.75) is 18.9 Å². The van der Waals surface area contributed by atoms with Crippen LogP contribution in [0.15, 0.2) is 48.8 Å². The van der Waals surface area contributed by atoms with Gasteiger partial charge in [-0.05, 0) is 49.2 Å². The van der Waals surface area contributed by atoms with E-state index in [-0.39, 0.29) is 12.0 Å². The summed E-state index contributed by atoms with van der Waals surface area (Å²) < 4.78 is 1.95. The van der Waals surface area contributed by atoms with Gasteiger partial charge in [-0.2, -0.15) is 0 Å². The number of carbonyl (C=O) groups is 1. The Labute approximate surface area is 150 Å². The third-order valence-electron chi connectivity index (χ3n) is 4.63. The molecule has 1 saturated heterocycles. The van der Waals surface area contributed by atoms with Gasteiger partial charge in [-0.25, -0.2) is 4.98 Å². The molecule has 0 unspecified atom stereocenters. The summed E-state index contributed by atoms with van der Waals surface area (Å²) in [6.07, 6.45) is 2.72. The Kier molecular flexibility index (Phi) is 4.19. The Morgan fingerprint density at radius 1 is 1.16 bits per heavy atom. The van der Waals surface area contributed by atoms with E-state index >= 15 is 0 Å². The molecule has 0 aliphatic carbocycles. The molecule has 6 heteroatoms. The van der Waals surface area contributed by atoms with Crippen molar-refractivity contribution in [2.24, 2.45) is 0 Å². The van der Waals surface area contributed by atoms with E-state index in [1.807, 2.05) is 47.0 Å². The molecule has 1 N–H and O–H groups in total. The summed E-state index contributed by atoms with van der Waals surface area (Å²) in [5.74, 6) is -0.00824. The lowest BCUT2D eigenvalue weighted by molar-refractivity contribution is 0.0546. The molecule has 0 bridgehead atoms. The average molecular weight is 356 g/mol. The molecular weight excluding hydrogens is 338 g/mol. The zero-order chi connectivity index (χ0) is 17.4. The molecule has 2 aromatic carbocycles. The number of hydrogen-bond acceptors (Lipinski definition) is 3. The fourth-order valence-electron chi connectivity index (χ4n) is 3.23. The monoisotopic (exact) mass is 355 g/mol. The van der Waals surface area contributed by atoms with Crippen LogP contribution in [0.4, 0.5) is 0 Å². The highest BCUT2D eigenvalue weighted by Crippen LogP contribution is 2.23. The number of fused-ring (bicyclic) bond motifs is 1. The second-order valence-corrected chi connectivity index (χ2v) is 6.76. The Bertz CT molecular complexity index is 929. The Balaban J connectivity index is 1.64. The molecule has 0 spiro atoms. The van der Waals surface area contributed by atoms with Crippen LogP contribution in [0.1, 0.15) is 23.2 Å². The molecule has 25 heavy (non-hydrogen) atoms. The Morgan fingerprint density at radius 2 is 1.96 bits per heavy atom. The van der Waals surface area contributed by atoms with E-state index in [0.717, 1.165) is 16.7 Å². The molecule has 4 rings (SSSR count). The lowest BCUT2D eigenvalue weighted by Gasteiger charge is -2.29. The van der Waals surface area contributed by atoms with Crippen LogP contribution in [0.25, 0.3) is 16.7 Å². The summed E-state index contributed by atoms with van der Waals surface area (Å²) in [7, 11) is 0. The van der Waals surface area contributed by atoms with Crippen molar-refractivity contribution in [3.8, 4) is 5.69 Å². The molecule has 3 aromatic rings. The number of aliphatic hydroxyl groups is 1. The molecule has 1 aromatic heterocycles. The number of nitrogens with zero attached hydrogens (tertiary/aromatic N) is 3. The van der Waals surface area contributed by atoms with Crippen LogP contribution in [0.5, 0.6) is 0 Å². The summed E-state index contributed by atoms with van der Waals surface area (Å²) in [5, 5.41) is 10.3. The highest BCUT2D eigenvalue weighted by Gasteiger charge is 2.22. The zero-order valence-electron chi connectivity index (χ0n) is 13.6. The smallest absolute Gasteiger partial charge is 0.253 e. The highest BCUT2D eigenvalue weighted by molar-refractivity contribution is 6.30. The highest BCUT2D eigenvalue weighted by atomic mass is 35.5. The molecule has 1 aliphatic rings. The molecule has 0 atom stereocenters. The maximum Gasteiger partial charge on any atom is 0.253 e. The van der Waals surface area contributed by atoms with Gasteiger partial charge in [0.05, 0.1) is 17.1 Å². The molecule has 5 nitrogen and oxygen atoms in total. The van der Waals surface area contributed by atoms with Gasteiger partial charge >= 0.3 is 0 Å². The van der Waals surface area contributed by atoms with E-state index in [4.69, 9.17) is 11.6 Å². The lowest BCUT2D eigenvalue weighted by Crippen LogP contribution is -2.40. The quantitative estimate of drug-likeness (QED) is 0.767. The van der Waals surface area contributed by atoms with Crippen molar-refractivity contribution in [1.82, 2.24) is 14.5 Å². The first-order valence-electron chi connectivity index (χ1n) is 8.32. The van der Waals surface area contributed by atoms with Gasteiger partial charge in [0.2, 0.25) is 0 Å². The molecule has 1 amide bonds. The Morgan fingerprint density at radius 3 is 2.72 bits per heavy atom. The summed E-state index contributed by atoms with van der Waals surface area (Å²) in [6.45, 7) is 1.18. The number of likely N-dealkylation sites (tertiary alicyclic amines) is 1.